The van der Waals surface area contributed by atoms with E-state index >= 15 is 0 Å². The minimum Gasteiger partial charge on any atom is -0.495 e. The second-order valence-electron chi connectivity index (χ2n) is 8.13. The van der Waals surface area contributed by atoms with E-state index in [1.165, 1.54) is 11.4 Å². The molecule has 0 aliphatic carbocycles. The van der Waals surface area contributed by atoms with Gasteiger partial charge in [-0.15, -0.1) is 0 Å². The van der Waals surface area contributed by atoms with Gasteiger partial charge in [-0.25, -0.2) is 8.42 Å². The number of fused-ring (bicyclic) bond motifs is 1. The molecule has 2 heterocycles. The summed E-state index contributed by atoms with van der Waals surface area (Å²) in [7, 11) is -2.00. The Morgan fingerprint density at radius 1 is 1.18 bits per heavy atom. The van der Waals surface area contributed by atoms with Crippen LogP contribution in [0.25, 0.3) is 0 Å². The Bertz CT molecular complexity index is 1230. The molecule has 0 unspecified atom stereocenters. The molecule has 1 atom stereocenters. The minimum atomic E-state index is -3.46. The zero-order chi connectivity index (χ0) is 24.3. The molecule has 3 N–H and O–H groups in total. The predicted octanol–water partition coefficient (Wildman–Crippen LogP) is 2.09. The van der Waals surface area contributed by atoms with Crippen LogP contribution in [0, 0.1) is 0 Å². The molecule has 11 heteroatoms. The molecule has 0 saturated carbocycles. The Hall–Kier alpha value is -3.60. The third-order valence-electron chi connectivity index (χ3n) is 5.79. The molecule has 10 nitrogen and oxygen atoms in total. The molecule has 1 fully saturated rings. The lowest BCUT2D eigenvalue weighted by molar-refractivity contribution is -0.118. The fraction of sp³-hybridized carbons (Fsp3) is 0.348. The molecule has 0 bridgehead atoms. The van der Waals surface area contributed by atoms with Gasteiger partial charge in [-0.05, 0) is 49.6 Å². The van der Waals surface area contributed by atoms with Crippen molar-refractivity contribution in [2.45, 2.75) is 31.7 Å². The number of carbonyl (C=O) groups is 3. The Morgan fingerprint density at radius 3 is 2.74 bits per heavy atom. The second-order valence-corrected chi connectivity index (χ2v) is 10.1. The van der Waals surface area contributed by atoms with E-state index in [1.54, 1.807) is 42.5 Å². The normalized spacial score (nSPS) is 19.3. The zero-order valence-electron chi connectivity index (χ0n) is 18.7. The van der Waals surface area contributed by atoms with E-state index in [9.17, 15) is 22.8 Å². The number of methoxy groups -OCH3 is 1. The standard InChI is InChI=1S/C23H26N4O6S/c1-33-20-10-8-15(14-19(20)27-12-4-5-13-34(27,31)32)24-21(28)11-9-18-23(30)25-17-7-3-2-6-16(17)22(29)26-18/h2-3,6-8,10,14,18H,4-5,9,11-13H2,1H3,(H,24,28)(H,25,30)(H,26,29)/t18-/m0/s1. The largest absolute Gasteiger partial charge is 0.495 e. The Labute approximate surface area is 197 Å². The van der Waals surface area contributed by atoms with E-state index < -0.39 is 22.0 Å². The molecular formula is C23H26N4O6S. The van der Waals surface area contributed by atoms with Gasteiger partial charge in [-0.2, -0.15) is 0 Å². The van der Waals surface area contributed by atoms with Crippen LogP contribution >= 0.6 is 0 Å². The molecule has 2 aliphatic heterocycles. The lowest BCUT2D eigenvalue weighted by Gasteiger charge is -2.29. The first-order valence-corrected chi connectivity index (χ1v) is 12.6. The van der Waals surface area contributed by atoms with Gasteiger partial charge in [-0.3, -0.25) is 18.7 Å². The summed E-state index contributed by atoms with van der Waals surface area (Å²) in [6.07, 6.45) is 1.41. The highest BCUT2D eigenvalue weighted by Gasteiger charge is 2.30. The maximum Gasteiger partial charge on any atom is 0.254 e. The highest BCUT2D eigenvalue weighted by atomic mass is 32.2. The highest BCUT2D eigenvalue weighted by molar-refractivity contribution is 7.92. The van der Waals surface area contributed by atoms with Crippen molar-refractivity contribution in [3.63, 3.8) is 0 Å². The van der Waals surface area contributed by atoms with E-state index in [0.717, 1.165) is 6.42 Å². The molecule has 0 spiro atoms. The van der Waals surface area contributed by atoms with Gasteiger partial charge in [0.2, 0.25) is 21.8 Å². The SMILES string of the molecule is COc1ccc(NC(=O)CC[C@@H]2NC(=O)c3ccccc3NC2=O)cc1N1CCCCS1(=O)=O. The van der Waals surface area contributed by atoms with Crippen LogP contribution in [-0.4, -0.2) is 51.6 Å². The fourth-order valence-electron chi connectivity index (χ4n) is 4.04. The van der Waals surface area contributed by atoms with Crippen molar-refractivity contribution in [2.24, 2.45) is 0 Å². The monoisotopic (exact) mass is 486 g/mol. The topological polar surface area (TPSA) is 134 Å². The van der Waals surface area contributed by atoms with Crippen molar-refractivity contribution >= 4 is 44.8 Å². The summed E-state index contributed by atoms with van der Waals surface area (Å²) in [4.78, 5) is 37.5. The maximum absolute atomic E-state index is 12.6. The van der Waals surface area contributed by atoms with Crippen LogP contribution < -0.4 is 25.0 Å². The van der Waals surface area contributed by atoms with E-state index in [2.05, 4.69) is 16.0 Å². The third kappa shape index (κ3) is 4.98. The van der Waals surface area contributed by atoms with Gasteiger partial charge in [0.05, 0.1) is 29.8 Å². The molecule has 2 aliphatic rings. The fourth-order valence-corrected chi connectivity index (χ4v) is 5.67. The number of hydrogen-bond donors (Lipinski definition) is 3. The summed E-state index contributed by atoms with van der Waals surface area (Å²) < 4.78 is 31.7. The van der Waals surface area contributed by atoms with Gasteiger partial charge in [-0.1, -0.05) is 12.1 Å². The Balaban J connectivity index is 1.42. The zero-order valence-corrected chi connectivity index (χ0v) is 19.5. The number of anilines is 3. The first-order chi connectivity index (χ1) is 16.3. The lowest BCUT2D eigenvalue weighted by Crippen LogP contribution is -2.41. The first kappa shape index (κ1) is 23.6. The van der Waals surface area contributed by atoms with Gasteiger partial charge in [0.25, 0.3) is 5.91 Å². The average molecular weight is 487 g/mol. The van der Waals surface area contributed by atoms with Crippen LogP contribution in [0.2, 0.25) is 0 Å². The average Bonchev–Trinajstić information content (AvgIpc) is 2.93. The van der Waals surface area contributed by atoms with Crippen LogP contribution in [0.15, 0.2) is 42.5 Å². The number of rotatable bonds is 6. The van der Waals surface area contributed by atoms with Crippen molar-refractivity contribution in [3.05, 3.63) is 48.0 Å². The number of nitrogens with zero attached hydrogens (tertiary/aromatic N) is 1. The number of carbonyl (C=O) groups excluding carboxylic acids is 3. The molecule has 34 heavy (non-hydrogen) atoms. The van der Waals surface area contributed by atoms with E-state index in [-0.39, 0.29) is 30.4 Å². The summed E-state index contributed by atoms with van der Waals surface area (Å²) in [6, 6.07) is 10.6. The molecule has 180 valence electrons. The molecule has 0 radical (unpaired) electrons. The third-order valence-corrected chi connectivity index (χ3v) is 7.65. The van der Waals surface area contributed by atoms with Gasteiger partial charge < -0.3 is 20.7 Å². The summed E-state index contributed by atoms with van der Waals surface area (Å²) in [6.45, 7) is 0.342. The molecule has 2 aromatic rings. The quantitative estimate of drug-likeness (QED) is 0.573. The van der Waals surface area contributed by atoms with Crippen molar-refractivity contribution in [1.29, 1.82) is 0 Å². The summed E-state index contributed by atoms with van der Waals surface area (Å²) in [5.74, 6) is -0.705. The van der Waals surface area contributed by atoms with Gasteiger partial charge in [0.1, 0.15) is 11.8 Å². The van der Waals surface area contributed by atoms with E-state index in [1.807, 2.05) is 0 Å². The summed E-state index contributed by atoms with van der Waals surface area (Å²) in [5.41, 5.74) is 1.56. The maximum atomic E-state index is 12.6. The minimum absolute atomic E-state index is 0.0297. The van der Waals surface area contributed by atoms with Crippen LogP contribution in [0.3, 0.4) is 0 Å². The van der Waals surface area contributed by atoms with E-state index in [0.29, 0.717) is 41.3 Å². The van der Waals surface area contributed by atoms with Gasteiger partial charge in [0, 0.05) is 18.7 Å². The molecule has 3 amide bonds. The molecule has 0 aromatic heterocycles. The Morgan fingerprint density at radius 2 is 1.97 bits per heavy atom. The van der Waals surface area contributed by atoms with Crippen molar-refractivity contribution < 1.29 is 27.5 Å². The van der Waals surface area contributed by atoms with Crippen LogP contribution in [0.5, 0.6) is 5.75 Å². The predicted molar refractivity (Wildman–Crippen MR) is 128 cm³/mol. The van der Waals surface area contributed by atoms with Crippen LogP contribution in [0.4, 0.5) is 17.1 Å². The Kier molecular flexibility index (Phi) is 6.73. The molecule has 1 saturated heterocycles. The number of ether oxygens (including phenoxy) is 1. The molecule has 4 rings (SSSR count). The first-order valence-electron chi connectivity index (χ1n) is 11.0. The smallest absolute Gasteiger partial charge is 0.254 e. The number of nitrogens with one attached hydrogen (secondary N) is 3. The van der Waals surface area contributed by atoms with Crippen molar-refractivity contribution in [3.8, 4) is 5.75 Å². The number of sulfonamides is 1. The number of amides is 3. The number of benzene rings is 2. The van der Waals surface area contributed by atoms with Crippen molar-refractivity contribution in [1.82, 2.24) is 5.32 Å². The lowest BCUT2D eigenvalue weighted by atomic mass is 10.1. The molecular weight excluding hydrogens is 460 g/mol. The van der Waals surface area contributed by atoms with Gasteiger partial charge in [0.15, 0.2) is 0 Å². The summed E-state index contributed by atoms with van der Waals surface area (Å²) >= 11 is 0. The van der Waals surface area contributed by atoms with Crippen LogP contribution in [0.1, 0.15) is 36.0 Å². The van der Waals surface area contributed by atoms with Crippen molar-refractivity contribution in [2.75, 3.05) is 34.3 Å². The van der Waals surface area contributed by atoms with Gasteiger partial charge >= 0.3 is 0 Å². The number of para-hydroxylation sites is 1. The summed E-state index contributed by atoms with van der Waals surface area (Å²) in [5, 5.41) is 8.11. The second kappa shape index (κ2) is 9.72. The van der Waals surface area contributed by atoms with E-state index in [4.69, 9.17) is 4.74 Å². The van der Waals surface area contributed by atoms with Crippen LogP contribution in [-0.2, 0) is 19.6 Å². The highest BCUT2D eigenvalue weighted by Crippen LogP contribution is 2.35. The number of hydrogen-bond acceptors (Lipinski definition) is 6. The molecule has 2 aromatic carbocycles.